The molecular formula is C14H29ClNO7P. The number of carbonyl (C=O) groups is 2. The van der Waals surface area contributed by atoms with Crippen molar-refractivity contribution in [2.75, 3.05) is 25.9 Å². The van der Waals surface area contributed by atoms with Gasteiger partial charge in [-0.25, -0.2) is 0 Å². The number of halogens is 1. The number of rotatable bonds is 12. The topological polar surface area (TPSA) is 136 Å². The lowest BCUT2D eigenvalue weighted by Crippen LogP contribution is -2.26. The molecule has 144 valence electrons. The van der Waals surface area contributed by atoms with Crippen molar-refractivity contribution in [3.63, 3.8) is 0 Å². The summed E-state index contributed by atoms with van der Waals surface area (Å²) in [5, 5.41) is 18.1. The van der Waals surface area contributed by atoms with Crippen molar-refractivity contribution in [3.8, 4) is 0 Å². The van der Waals surface area contributed by atoms with E-state index < -0.39 is 30.4 Å². The van der Waals surface area contributed by atoms with Crippen LogP contribution in [-0.4, -0.2) is 48.1 Å². The van der Waals surface area contributed by atoms with Gasteiger partial charge in [0.15, 0.2) is 0 Å². The van der Waals surface area contributed by atoms with Crippen LogP contribution in [0, 0.1) is 10.8 Å². The lowest BCUT2D eigenvalue weighted by molar-refractivity contribution is -0.148. The van der Waals surface area contributed by atoms with Crippen LogP contribution in [0.5, 0.6) is 0 Å². The molecule has 0 rings (SSSR count). The summed E-state index contributed by atoms with van der Waals surface area (Å²) in [4.78, 5) is 22.0. The van der Waals surface area contributed by atoms with E-state index in [0.29, 0.717) is 0 Å². The van der Waals surface area contributed by atoms with Crippen LogP contribution in [-0.2, 0) is 23.2 Å². The minimum atomic E-state index is -3.46. The Morgan fingerprint density at radius 2 is 1.29 bits per heavy atom. The van der Waals surface area contributed by atoms with Gasteiger partial charge in [-0.2, -0.15) is 0 Å². The Balaban J connectivity index is 0. The van der Waals surface area contributed by atoms with E-state index in [4.69, 9.17) is 25.0 Å². The minimum absolute atomic E-state index is 0. The summed E-state index contributed by atoms with van der Waals surface area (Å²) in [6.45, 7) is 6.18. The van der Waals surface area contributed by atoms with Crippen LogP contribution in [0.4, 0.5) is 0 Å². The molecule has 0 aromatic carbocycles. The Hall–Kier alpha value is -0.660. The van der Waals surface area contributed by atoms with E-state index in [-0.39, 0.29) is 51.2 Å². The summed E-state index contributed by atoms with van der Waals surface area (Å²) >= 11 is 0. The van der Waals surface area contributed by atoms with Crippen LogP contribution in [0.15, 0.2) is 0 Å². The van der Waals surface area contributed by atoms with E-state index in [1.165, 1.54) is 0 Å². The average Bonchev–Trinajstić information content (AvgIpc) is 2.37. The summed E-state index contributed by atoms with van der Waals surface area (Å²) in [7, 11) is -3.46. The van der Waals surface area contributed by atoms with Gasteiger partial charge in [0.1, 0.15) is 0 Å². The first-order chi connectivity index (χ1) is 10.4. The molecule has 0 aliphatic rings. The van der Waals surface area contributed by atoms with Crippen LogP contribution in [0.1, 0.15) is 40.5 Å². The quantitative estimate of drug-likeness (QED) is 0.433. The second-order valence-corrected chi connectivity index (χ2v) is 8.85. The fourth-order valence-corrected chi connectivity index (χ4v) is 2.81. The average molecular weight is 390 g/mol. The van der Waals surface area contributed by atoms with Gasteiger partial charge in [-0.1, -0.05) is 0 Å². The molecule has 0 atom stereocenters. The molecule has 0 fully saturated rings. The minimum Gasteiger partial charge on any atom is -0.481 e. The van der Waals surface area contributed by atoms with Gasteiger partial charge in [0.2, 0.25) is 0 Å². The zero-order chi connectivity index (χ0) is 18.3. The highest BCUT2D eigenvalue weighted by atomic mass is 35.5. The fraction of sp³-hybridized carbons (Fsp3) is 0.857. The number of carboxylic acid groups (broad SMARTS) is 2. The number of nitrogens with two attached hydrogens (primary N) is 1. The Morgan fingerprint density at radius 3 is 1.54 bits per heavy atom. The number of hydrogen-bond donors (Lipinski definition) is 3. The molecule has 0 aliphatic heterocycles. The van der Waals surface area contributed by atoms with Gasteiger partial charge >= 0.3 is 19.5 Å². The Bertz CT molecular complexity index is 432. The lowest BCUT2D eigenvalue weighted by atomic mass is 9.90. The smallest absolute Gasteiger partial charge is 0.331 e. The zero-order valence-corrected chi connectivity index (χ0v) is 16.3. The molecule has 4 N–H and O–H groups in total. The molecule has 10 heteroatoms. The number of carboxylic acids is 2. The normalized spacial score (nSPS) is 12.5. The van der Waals surface area contributed by atoms with Crippen LogP contribution in [0.2, 0.25) is 0 Å². The van der Waals surface area contributed by atoms with Crippen molar-refractivity contribution < 1.29 is 33.4 Å². The van der Waals surface area contributed by atoms with Crippen LogP contribution >= 0.6 is 20.0 Å². The Kier molecular flexibility index (Phi) is 11.0. The molecular weight excluding hydrogens is 361 g/mol. The fourth-order valence-electron chi connectivity index (χ4n) is 1.42. The maximum atomic E-state index is 12.5. The molecule has 0 saturated carbocycles. The summed E-state index contributed by atoms with van der Waals surface area (Å²) in [5.41, 5.74) is 3.40. The van der Waals surface area contributed by atoms with Gasteiger partial charge in [0.05, 0.1) is 30.2 Å². The summed E-state index contributed by atoms with van der Waals surface area (Å²) < 4.78 is 23.1. The Labute approximate surface area is 149 Å². The maximum absolute atomic E-state index is 12.5. The van der Waals surface area contributed by atoms with Crippen molar-refractivity contribution in [1.82, 2.24) is 0 Å². The van der Waals surface area contributed by atoms with Gasteiger partial charge in [-0.15, -0.1) is 12.4 Å². The molecule has 0 radical (unpaired) electrons. The molecule has 0 bridgehead atoms. The summed E-state index contributed by atoms with van der Waals surface area (Å²) in [5.74, 6) is -1.95. The molecule has 0 spiro atoms. The number of hydrogen-bond acceptors (Lipinski definition) is 6. The monoisotopic (exact) mass is 389 g/mol. The maximum Gasteiger partial charge on any atom is 0.331 e. The second-order valence-electron chi connectivity index (χ2n) is 6.67. The van der Waals surface area contributed by atoms with Crippen LogP contribution in [0.25, 0.3) is 0 Å². The van der Waals surface area contributed by atoms with Crippen molar-refractivity contribution in [1.29, 1.82) is 0 Å². The molecule has 0 aromatic rings. The van der Waals surface area contributed by atoms with Gasteiger partial charge in [0.25, 0.3) is 0 Å². The van der Waals surface area contributed by atoms with Crippen molar-refractivity contribution in [2.24, 2.45) is 16.6 Å². The summed E-state index contributed by atoms with van der Waals surface area (Å²) in [6.07, 6.45) is 0.329. The van der Waals surface area contributed by atoms with E-state index >= 15 is 0 Å². The molecule has 0 aromatic heterocycles. The van der Waals surface area contributed by atoms with E-state index in [1.54, 1.807) is 27.7 Å². The molecule has 0 aliphatic carbocycles. The lowest BCUT2D eigenvalue weighted by Gasteiger charge is -2.24. The first kappa shape index (κ1) is 25.6. The van der Waals surface area contributed by atoms with Crippen molar-refractivity contribution in [3.05, 3.63) is 0 Å². The first-order valence-corrected chi connectivity index (χ1v) is 9.14. The third kappa shape index (κ3) is 8.99. The van der Waals surface area contributed by atoms with Gasteiger partial charge in [0, 0.05) is 6.54 Å². The predicted molar refractivity (Wildman–Crippen MR) is 92.7 cm³/mol. The first-order valence-electron chi connectivity index (χ1n) is 7.41. The van der Waals surface area contributed by atoms with Gasteiger partial charge < -0.3 is 25.0 Å². The predicted octanol–water partition coefficient (Wildman–Crippen LogP) is 2.60. The SMILES string of the molecule is CC(C)(CCOP(=O)(CCN)OCCC(C)(C)C(=O)O)C(=O)O.Cl. The van der Waals surface area contributed by atoms with Crippen molar-refractivity contribution >= 4 is 31.9 Å². The summed E-state index contributed by atoms with van der Waals surface area (Å²) in [6, 6.07) is 0. The van der Waals surface area contributed by atoms with E-state index in [0.717, 1.165) is 0 Å². The van der Waals surface area contributed by atoms with Crippen molar-refractivity contribution in [2.45, 2.75) is 40.5 Å². The van der Waals surface area contributed by atoms with Gasteiger partial charge in [-0.05, 0) is 40.5 Å². The molecule has 24 heavy (non-hydrogen) atoms. The molecule has 8 nitrogen and oxygen atoms in total. The van der Waals surface area contributed by atoms with Crippen LogP contribution in [0.3, 0.4) is 0 Å². The molecule has 0 heterocycles. The molecule has 0 unspecified atom stereocenters. The van der Waals surface area contributed by atoms with E-state index in [1.807, 2.05) is 0 Å². The van der Waals surface area contributed by atoms with Crippen LogP contribution < -0.4 is 5.73 Å². The molecule has 0 amide bonds. The third-order valence-electron chi connectivity index (χ3n) is 3.59. The van der Waals surface area contributed by atoms with Gasteiger partial charge in [-0.3, -0.25) is 14.2 Å². The zero-order valence-electron chi connectivity index (χ0n) is 14.6. The highest BCUT2D eigenvalue weighted by Gasteiger charge is 2.32. The third-order valence-corrected chi connectivity index (χ3v) is 5.55. The van der Waals surface area contributed by atoms with E-state index in [9.17, 15) is 14.2 Å². The second kappa shape index (κ2) is 10.4. The van der Waals surface area contributed by atoms with E-state index in [2.05, 4.69) is 0 Å². The largest absolute Gasteiger partial charge is 0.481 e. The Morgan fingerprint density at radius 1 is 0.958 bits per heavy atom. The number of aliphatic carboxylic acids is 2. The highest BCUT2D eigenvalue weighted by Crippen LogP contribution is 2.48. The highest BCUT2D eigenvalue weighted by molar-refractivity contribution is 7.53. The molecule has 0 saturated heterocycles. The standard InChI is InChI=1S/C14H28NO7P.ClH/c1-13(2,11(16)17)5-8-21-23(20,10-7-15)22-9-6-14(3,4)12(18)19;/h5-10,15H2,1-4H3,(H,16,17)(H,18,19);1H.